The van der Waals surface area contributed by atoms with Crippen molar-refractivity contribution in [2.45, 2.75) is 413 Å². The minimum Gasteiger partial charge on any atom is -0.462 e. The fourth-order valence-corrected chi connectivity index (χ4v) is 13.2. The zero-order valence-corrected chi connectivity index (χ0v) is 63.8. The van der Waals surface area contributed by atoms with Gasteiger partial charge in [-0.2, -0.15) is 0 Å². The third-order valence-corrected chi connectivity index (χ3v) is 19.6. The summed E-state index contributed by atoms with van der Waals surface area (Å²) in [6.07, 6.45) is 56.3. The molecule has 564 valence electrons. The Labute approximate surface area is 581 Å². The number of phosphoric ester groups is 2. The Morgan fingerprint density at radius 3 is 0.716 bits per heavy atom. The lowest BCUT2D eigenvalue weighted by Crippen LogP contribution is -2.30. The van der Waals surface area contributed by atoms with Gasteiger partial charge in [-0.25, -0.2) is 9.13 Å². The number of hydrogen-bond acceptors (Lipinski definition) is 15. The van der Waals surface area contributed by atoms with Crippen LogP contribution in [-0.4, -0.2) is 96.7 Å². The van der Waals surface area contributed by atoms with Gasteiger partial charge in [0.05, 0.1) is 26.4 Å². The third-order valence-electron chi connectivity index (χ3n) is 17.7. The van der Waals surface area contributed by atoms with E-state index < -0.39 is 97.5 Å². The van der Waals surface area contributed by atoms with Crippen LogP contribution in [0, 0.1) is 11.8 Å². The van der Waals surface area contributed by atoms with E-state index in [9.17, 15) is 43.2 Å². The Morgan fingerprint density at radius 1 is 0.284 bits per heavy atom. The summed E-state index contributed by atoms with van der Waals surface area (Å²) < 4.78 is 68.1. The Kier molecular flexibility index (Phi) is 66.5. The fraction of sp³-hybridized carbons (Fsp3) is 0.947. The first kappa shape index (κ1) is 93.1. The smallest absolute Gasteiger partial charge is 0.462 e. The lowest BCUT2D eigenvalue weighted by molar-refractivity contribution is -0.161. The van der Waals surface area contributed by atoms with Gasteiger partial charge in [0.1, 0.15) is 19.3 Å². The molecule has 95 heavy (non-hydrogen) atoms. The predicted octanol–water partition coefficient (Wildman–Crippen LogP) is 22.3. The van der Waals surface area contributed by atoms with Crippen molar-refractivity contribution in [2.24, 2.45) is 11.8 Å². The number of unbranched alkanes of at least 4 members (excludes halogenated alkanes) is 45. The highest BCUT2D eigenvalue weighted by molar-refractivity contribution is 7.47. The molecule has 0 bridgehead atoms. The van der Waals surface area contributed by atoms with E-state index in [1.165, 1.54) is 199 Å². The molecule has 0 rings (SSSR count). The highest BCUT2D eigenvalue weighted by Crippen LogP contribution is 2.45. The van der Waals surface area contributed by atoms with Gasteiger partial charge in [-0.3, -0.25) is 37.3 Å². The highest BCUT2D eigenvalue weighted by atomic mass is 31.2. The van der Waals surface area contributed by atoms with Gasteiger partial charge < -0.3 is 33.8 Å². The van der Waals surface area contributed by atoms with Crippen molar-refractivity contribution in [1.82, 2.24) is 0 Å². The maximum Gasteiger partial charge on any atom is 0.472 e. The van der Waals surface area contributed by atoms with Gasteiger partial charge in [-0.1, -0.05) is 343 Å². The van der Waals surface area contributed by atoms with E-state index in [0.717, 1.165) is 115 Å². The molecule has 0 spiro atoms. The summed E-state index contributed by atoms with van der Waals surface area (Å²) >= 11 is 0. The summed E-state index contributed by atoms with van der Waals surface area (Å²) in [6.45, 7) is 9.54. The van der Waals surface area contributed by atoms with Gasteiger partial charge in [0.15, 0.2) is 12.2 Å². The van der Waals surface area contributed by atoms with E-state index in [2.05, 4.69) is 41.5 Å². The second-order valence-electron chi connectivity index (χ2n) is 28.3. The number of carbonyl (C=O) groups excluding carboxylic acids is 4. The first-order valence-corrected chi connectivity index (χ1v) is 42.5. The van der Waals surface area contributed by atoms with E-state index in [0.29, 0.717) is 25.7 Å². The molecule has 0 amide bonds. The summed E-state index contributed by atoms with van der Waals surface area (Å²) in [5.74, 6) is -0.488. The Balaban J connectivity index is 5.06. The average molecular weight is 1400 g/mol. The molecule has 0 aliphatic heterocycles. The van der Waals surface area contributed by atoms with Crippen molar-refractivity contribution < 1.29 is 80.2 Å². The number of aliphatic hydroxyl groups excluding tert-OH is 1. The number of aliphatic hydroxyl groups is 1. The molecule has 5 atom stereocenters. The van der Waals surface area contributed by atoms with Crippen molar-refractivity contribution in [3.05, 3.63) is 0 Å². The Bertz CT molecular complexity index is 1840. The second kappa shape index (κ2) is 67.9. The molecule has 0 aromatic carbocycles. The summed E-state index contributed by atoms with van der Waals surface area (Å²) in [5, 5.41) is 10.6. The largest absolute Gasteiger partial charge is 0.472 e. The van der Waals surface area contributed by atoms with Crippen molar-refractivity contribution in [1.29, 1.82) is 0 Å². The standard InChI is InChI=1S/C76H148O17P2/c1-7-9-11-13-14-41-48-54-60-75(80)92-71(64-86-73(78)58-52-44-12-10-8-2)66-90-94(82,83)88-62-70(77)63-89-95(84,85)91-67-72(93-76(81)61-55-49-43-38-34-30-26-22-18-16-20-24-28-32-36-40-46-51-57-69(5)6)65-87-74(79)59-53-47-42-37-33-29-25-21-17-15-19-23-27-31-35-39-45-50-56-68(3)4/h68-72,77H,7-67H2,1-6H3,(H,82,83)(H,84,85)/t70-,71+,72+/m0/s1. The topological polar surface area (TPSA) is 237 Å². The number of esters is 4. The minimum atomic E-state index is -4.95. The van der Waals surface area contributed by atoms with Crippen LogP contribution < -0.4 is 0 Å². The number of ether oxygens (including phenoxy) is 4. The summed E-state index contributed by atoms with van der Waals surface area (Å²) in [5.41, 5.74) is 0. The molecule has 0 saturated carbocycles. The van der Waals surface area contributed by atoms with Crippen LogP contribution in [0.1, 0.15) is 395 Å². The van der Waals surface area contributed by atoms with Crippen LogP contribution in [0.5, 0.6) is 0 Å². The molecule has 0 aromatic heterocycles. The van der Waals surface area contributed by atoms with Crippen molar-refractivity contribution in [2.75, 3.05) is 39.6 Å². The van der Waals surface area contributed by atoms with E-state index in [1.807, 2.05) is 0 Å². The van der Waals surface area contributed by atoms with Crippen molar-refractivity contribution >= 4 is 39.5 Å². The van der Waals surface area contributed by atoms with Crippen LogP contribution in [0.3, 0.4) is 0 Å². The van der Waals surface area contributed by atoms with Crippen LogP contribution in [0.2, 0.25) is 0 Å². The summed E-state index contributed by atoms with van der Waals surface area (Å²) in [7, 11) is -9.89. The molecular weight excluding hydrogens is 1250 g/mol. The van der Waals surface area contributed by atoms with Gasteiger partial charge >= 0.3 is 39.5 Å². The number of hydrogen-bond donors (Lipinski definition) is 3. The Morgan fingerprint density at radius 2 is 0.484 bits per heavy atom. The molecule has 0 saturated heterocycles. The zero-order valence-electron chi connectivity index (χ0n) is 62.0. The van der Waals surface area contributed by atoms with Crippen LogP contribution in [0.15, 0.2) is 0 Å². The number of carbonyl (C=O) groups is 4. The van der Waals surface area contributed by atoms with Crippen LogP contribution >= 0.6 is 15.6 Å². The fourth-order valence-electron chi connectivity index (χ4n) is 11.7. The maximum absolute atomic E-state index is 13.1. The molecule has 19 heteroatoms. The van der Waals surface area contributed by atoms with Crippen LogP contribution in [0.25, 0.3) is 0 Å². The summed E-state index contributed by atoms with van der Waals surface area (Å²) in [6, 6.07) is 0. The average Bonchev–Trinajstić information content (AvgIpc) is 3.56. The van der Waals surface area contributed by atoms with Gasteiger partial charge in [-0.15, -0.1) is 0 Å². The molecule has 3 N–H and O–H groups in total. The lowest BCUT2D eigenvalue weighted by atomic mass is 10.0. The van der Waals surface area contributed by atoms with E-state index >= 15 is 0 Å². The van der Waals surface area contributed by atoms with Crippen LogP contribution in [0.4, 0.5) is 0 Å². The first-order valence-electron chi connectivity index (χ1n) is 39.5. The molecule has 0 aromatic rings. The SMILES string of the molecule is CCCCCCCCCCC(=O)O[C@H](COC(=O)CCCCCCC)COP(=O)(O)OC[C@H](O)COP(=O)(O)OC[C@@H](COC(=O)CCCCCCCCCCCCCCCCCCCCC(C)C)OC(=O)CCCCCCCCCCCCCCCCCCCCC(C)C. The third kappa shape index (κ3) is 70.3. The quantitative estimate of drug-likeness (QED) is 0.0222. The molecule has 0 aliphatic carbocycles. The molecule has 2 unspecified atom stereocenters. The molecule has 0 fully saturated rings. The van der Waals surface area contributed by atoms with Gasteiger partial charge in [0.2, 0.25) is 0 Å². The maximum atomic E-state index is 13.1. The normalized spacial score (nSPS) is 14.0. The van der Waals surface area contributed by atoms with Gasteiger partial charge in [0, 0.05) is 25.7 Å². The van der Waals surface area contributed by atoms with E-state index in [4.69, 9.17) is 37.0 Å². The Hall–Kier alpha value is -1.94. The minimum absolute atomic E-state index is 0.104. The monoisotopic (exact) mass is 1400 g/mol. The van der Waals surface area contributed by atoms with Gasteiger partial charge in [-0.05, 0) is 37.5 Å². The molecule has 0 radical (unpaired) electrons. The van der Waals surface area contributed by atoms with Crippen molar-refractivity contribution in [3.8, 4) is 0 Å². The van der Waals surface area contributed by atoms with Crippen molar-refractivity contribution in [3.63, 3.8) is 0 Å². The first-order chi connectivity index (χ1) is 45.9. The highest BCUT2D eigenvalue weighted by Gasteiger charge is 2.30. The van der Waals surface area contributed by atoms with Crippen LogP contribution in [-0.2, 0) is 65.4 Å². The predicted molar refractivity (Wildman–Crippen MR) is 386 cm³/mol. The second-order valence-corrected chi connectivity index (χ2v) is 31.3. The lowest BCUT2D eigenvalue weighted by Gasteiger charge is -2.21. The van der Waals surface area contributed by atoms with Gasteiger partial charge in [0.25, 0.3) is 0 Å². The summed E-state index contributed by atoms with van der Waals surface area (Å²) in [4.78, 5) is 72.3. The molecule has 17 nitrogen and oxygen atoms in total. The number of rotatable bonds is 75. The molecular formula is C76H148O17P2. The molecule has 0 heterocycles. The van der Waals surface area contributed by atoms with E-state index in [1.54, 1.807) is 0 Å². The molecule has 0 aliphatic rings. The zero-order chi connectivity index (χ0) is 70.0. The van der Waals surface area contributed by atoms with E-state index in [-0.39, 0.29) is 25.7 Å². The number of phosphoric acid groups is 2.